The van der Waals surface area contributed by atoms with E-state index in [9.17, 15) is 0 Å². The highest BCUT2D eigenvalue weighted by Crippen LogP contribution is 2.30. The summed E-state index contributed by atoms with van der Waals surface area (Å²) in [6, 6.07) is 0. The Morgan fingerprint density at radius 3 is 2.50 bits per heavy atom. The Labute approximate surface area is 118 Å². The number of aromatic nitrogens is 3. The van der Waals surface area contributed by atoms with Crippen molar-refractivity contribution in [3.8, 4) is 11.4 Å². The summed E-state index contributed by atoms with van der Waals surface area (Å²) in [6.07, 6.45) is 0. The van der Waals surface area contributed by atoms with Gasteiger partial charge in [0.15, 0.2) is 5.82 Å². The van der Waals surface area contributed by atoms with Gasteiger partial charge in [-0.3, -0.25) is 0 Å². The van der Waals surface area contributed by atoms with Crippen molar-refractivity contribution in [2.45, 2.75) is 13.8 Å². The summed E-state index contributed by atoms with van der Waals surface area (Å²) in [5, 5.41) is 3.98. The predicted octanol–water partition coefficient (Wildman–Crippen LogP) is 2.79. The number of anilines is 2. The van der Waals surface area contributed by atoms with Gasteiger partial charge < -0.3 is 10.6 Å². The molecule has 0 aliphatic rings. The molecule has 0 unspecified atom stereocenters. The van der Waals surface area contributed by atoms with Crippen molar-refractivity contribution >= 4 is 39.2 Å². The molecular weight excluding hydrogens is 314 g/mol. The van der Waals surface area contributed by atoms with Crippen LogP contribution in [0.2, 0.25) is 0 Å². The highest BCUT2D eigenvalue weighted by molar-refractivity contribution is 9.10. The summed E-state index contributed by atoms with van der Waals surface area (Å²) in [6.45, 7) is 5.79. The fourth-order valence-corrected chi connectivity index (χ4v) is 3.04. The molecule has 0 amide bonds. The fourth-order valence-electron chi connectivity index (χ4n) is 1.59. The molecule has 0 aromatic carbocycles. The summed E-state index contributed by atoms with van der Waals surface area (Å²) in [4.78, 5) is 14.9. The standard InChI is InChI=1S/C11H14BrN5S/c1-3-17(4-2)11-15-9(14-10(13)16-11)7-5-18-6-8(7)12/h5-6H,3-4H2,1-2H3,(H2,13,14,15,16). The van der Waals surface area contributed by atoms with Crippen LogP contribution in [0.25, 0.3) is 11.4 Å². The molecule has 2 heterocycles. The lowest BCUT2D eigenvalue weighted by Crippen LogP contribution is -2.25. The van der Waals surface area contributed by atoms with Crippen LogP contribution in [-0.4, -0.2) is 28.0 Å². The van der Waals surface area contributed by atoms with Crippen LogP contribution in [0.15, 0.2) is 15.2 Å². The minimum atomic E-state index is 0.250. The molecule has 0 saturated carbocycles. The Bertz CT molecular complexity index is 538. The first-order valence-corrected chi connectivity index (χ1v) is 7.37. The summed E-state index contributed by atoms with van der Waals surface area (Å²) in [7, 11) is 0. The van der Waals surface area contributed by atoms with Crippen LogP contribution in [0.5, 0.6) is 0 Å². The lowest BCUT2D eigenvalue weighted by Gasteiger charge is -2.18. The first kappa shape index (κ1) is 13.2. The second kappa shape index (κ2) is 5.62. The van der Waals surface area contributed by atoms with Gasteiger partial charge in [0.2, 0.25) is 11.9 Å². The highest BCUT2D eigenvalue weighted by atomic mass is 79.9. The highest BCUT2D eigenvalue weighted by Gasteiger charge is 2.13. The van der Waals surface area contributed by atoms with Crippen molar-refractivity contribution in [2.75, 3.05) is 23.7 Å². The van der Waals surface area contributed by atoms with E-state index in [2.05, 4.69) is 44.7 Å². The quantitative estimate of drug-likeness (QED) is 0.935. The maximum Gasteiger partial charge on any atom is 0.230 e. The zero-order chi connectivity index (χ0) is 13.1. The number of hydrogen-bond acceptors (Lipinski definition) is 6. The summed E-state index contributed by atoms with van der Waals surface area (Å²) >= 11 is 5.07. The lowest BCUT2D eigenvalue weighted by atomic mass is 10.3. The largest absolute Gasteiger partial charge is 0.368 e. The second-order valence-electron chi connectivity index (χ2n) is 3.62. The normalized spacial score (nSPS) is 10.6. The number of nitrogens with two attached hydrogens (primary N) is 1. The number of nitrogens with zero attached hydrogens (tertiary/aromatic N) is 4. The minimum absolute atomic E-state index is 0.250. The molecule has 18 heavy (non-hydrogen) atoms. The molecule has 2 aromatic rings. The van der Waals surface area contributed by atoms with E-state index in [0.29, 0.717) is 11.8 Å². The number of nitrogen functional groups attached to an aromatic ring is 1. The van der Waals surface area contributed by atoms with E-state index in [4.69, 9.17) is 5.73 Å². The number of hydrogen-bond donors (Lipinski definition) is 1. The Hall–Kier alpha value is -1.21. The monoisotopic (exact) mass is 327 g/mol. The van der Waals surface area contributed by atoms with Crippen LogP contribution in [0.4, 0.5) is 11.9 Å². The smallest absolute Gasteiger partial charge is 0.230 e. The number of rotatable bonds is 4. The van der Waals surface area contributed by atoms with E-state index < -0.39 is 0 Å². The Kier molecular flexibility index (Phi) is 4.13. The zero-order valence-electron chi connectivity index (χ0n) is 10.2. The van der Waals surface area contributed by atoms with Gasteiger partial charge in [-0.2, -0.15) is 26.3 Å². The third-order valence-electron chi connectivity index (χ3n) is 2.54. The van der Waals surface area contributed by atoms with Crippen LogP contribution >= 0.6 is 27.3 Å². The average Bonchev–Trinajstić information content (AvgIpc) is 2.76. The van der Waals surface area contributed by atoms with Gasteiger partial charge in [0.05, 0.1) is 0 Å². The van der Waals surface area contributed by atoms with Crippen molar-refractivity contribution in [3.63, 3.8) is 0 Å². The maximum atomic E-state index is 5.76. The zero-order valence-corrected chi connectivity index (χ0v) is 12.6. The molecule has 2 aromatic heterocycles. The molecule has 0 bridgehead atoms. The van der Waals surface area contributed by atoms with E-state index in [1.54, 1.807) is 11.3 Å². The van der Waals surface area contributed by atoms with Gasteiger partial charge in [-0.15, -0.1) is 0 Å². The van der Waals surface area contributed by atoms with Crippen molar-refractivity contribution in [3.05, 3.63) is 15.2 Å². The first-order chi connectivity index (χ1) is 8.65. The third-order valence-corrected chi connectivity index (χ3v) is 4.25. The van der Waals surface area contributed by atoms with Crippen LogP contribution < -0.4 is 10.6 Å². The molecule has 0 aliphatic heterocycles. The van der Waals surface area contributed by atoms with E-state index >= 15 is 0 Å². The molecule has 0 spiro atoms. The molecule has 2 rings (SSSR count). The lowest BCUT2D eigenvalue weighted by molar-refractivity contribution is 0.816. The molecule has 96 valence electrons. The van der Waals surface area contributed by atoms with E-state index in [0.717, 1.165) is 23.1 Å². The number of thiophene rings is 1. The van der Waals surface area contributed by atoms with Crippen molar-refractivity contribution in [2.24, 2.45) is 0 Å². The molecule has 0 radical (unpaired) electrons. The molecule has 0 aliphatic carbocycles. The van der Waals surface area contributed by atoms with Gasteiger partial charge in [-0.25, -0.2) is 0 Å². The fraction of sp³-hybridized carbons (Fsp3) is 0.364. The van der Waals surface area contributed by atoms with Crippen molar-refractivity contribution in [1.29, 1.82) is 0 Å². The van der Waals surface area contributed by atoms with Gasteiger partial charge in [-0.05, 0) is 29.8 Å². The third kappa shape index (κ3) is 2.62. The minimum Gasteiger partial charge on any atom is -0.368 e. The van der Waals surface area contributed by atoms with Crippen LogP contribution in [0, 0.1) is 0 Å². The molecular formula is C11H14BrN5S. The van der Waals surface area contributed by atoms with Gasteiger partial charge in [0.25, 0.3) is 0 Å². The maximum absolute atomic E-state index is 5.76. The van der Waals surface area contributed by atoms with E-state index in [1.165, 1.54) is 0 Å². The van der Waals surface area contributed by atoms with Gasteiger partial charge in [-0.1, -0.05) is 0 Å². The van der Waals surface area contributed by atoms with E-state index in [-0.39, 0.29) is 5.95 Å². The van der Waals surface area contributed by atoms with Crippen molar-refractivity contribution < 1.29 is 0 Å². The summed E-state index contributed by atoms with van der Waals surface area (Å²) in [5.74, 6) is 1.48. The Morgan fingerprint density at radius 2 is 1.94 bits per heavy atom. The molecule has 5 nitrogen and oxygen atoms in total. The van der Waals surface area contributed by atoms with Gasteiger partial charge in [0.1, 0.15) is 0 Å². The summed E-state index contributed by atoms with van der Waals surface area (Å²) < 4.78 is 0.976. The van der Waals surface area contributed by atoms with Crippen molar-refractivity contribution in [1.82, 2.24) is 15.0 Å². The molecule has 0 saturated heterocycles. The molecule has 0 fully saturated rings. The van der Waals surface area contributed by atoms with Gasteiger partial charge in [0, 0.05) is 33.9 Å². The average molecular weight is 328 g/mol. The molecule has 7 heteroatoms. The molecule has 0 atom stereocenters. The van der Waals surface area contributed by atoms with E-state index in [1.807, 2.05) is 15.7 Å². The molecule has 2 N–H and O–H groups in total. The summed E-state index contributed by atoms with van der Waals surface area (Å²) in [5.41, 5.74) is 6.71. The van der Waals surface area contributed by atoms with Crippen LogP contribution in [0.1, 0.15) is 13.8 Å². The van der Waals surface area contributed by atoms with Gasteiger partial charge >= 0.3 is 0 Å². The SMILES string of the molecule is CCN(CC)c1nc(N)nc(-c2cscc2Br)n1. The van der Waals surface area contributed by atoms with Crippen LogP contribution in [0.3, 0.4) is 0 Å². The Morgan fingerprint density at radius 1 is 1.22 bits per heavy atom. The predicted molar refractivity (Wildman–Crippen MR) is 78.8 cm³/mol. The van der Waals surface area contributed by atoms with Crippen LogP contribution in [-0.2, 0) is 0 Å². The Balaban J connectivity index is 2.47. The first-order valence-electron chi connectivity index (χ1n) is 5.64. The number of halogens is 1. The topological polar surface area (TPSA) is 67.9 Å². The second-order valence-corrected chi connectivity index (χ2v) is 5.22.